The first-order valence-electron chi connectivity index (χ1n) is 9.11. The van der Waals surface area contributed by atoms with E-state index in [4.69, 9.17) is 0 Å². The fourth-order valence-corrected chi connectivity index (χ4v) is 3.15. The number of rotatable bonds is 6. The van der Waals surface area contributed by atoms with E-state index >= 15 is 0 Å². The number of carbonyl (C=O) groups is 1. The molecule has 2 aromatic rings. The first kappa shape index (κ1) is 20.2. The van der Waals surface area contributed by atoms with Crippen LogP contribution in [0.3, 0.4) is 0 Å². The van der Waals surface area contributed by atoms with Gasteiger partial charge in [-0.3, -0.25) is 29.9 Å². The fraction of sp³-hybridized carbons (Fsp3) is 0.250. The lowest BCUT2D eigenvalue weighted by molar-refractivity contribution is -0.394. The topological polar surface area (TPSA) is 110 Å². The Morgan fingerprint density at radius 3 is 2.07 bits per heavy atom. The van der Waals surface area contributed by atoms with E-state index in [1.54, 1.807) is 4.90 Å². The average molecular weight is 396 g/mol. The third kappa shape index (κ3) is 5.23. The second-order valence-corrected chi connectivity index (χ2v) is 6.66. The van der Waals surface area contributed by atoms with Crippen LogP contribution in [0.15, 0.2) is 54.6 Å². The molecule has 0 atom stereocenters. The van der Waals surface area contributed by atoms with Crippen molar-refractivity contribution >= 4 is 23.4 Å². The molecule has 1 aliphatic rings. The zero-order chi connectivity index (χ0) is 20.8. The van der Waals surface area contributed by atoms with Crippen LogP contribution in [-0.4, -0.2) is 58.3 Å². The number of piperazine rings is 1. The standard InChI is InChI=1S/C20H20N4O5/c25-20(17-13-18(23(26)27)15-19(14-17)24(28)29)22-11-9-21(10-12-22)8-4-7-16-5-2-1-3-6-16/h1-7,13-15H,8-12H2. The summed E-state index contributed by atoms with van der Waals surface area (Å²) in [6.07, 6.45) is 4.11. The molecular formula is C20H20N4O5. The van der Waals surface area contributed by atoms with E-state index < -0.39 is 27.1 Å². The van der Waals surface area contributed by atoms with E-state index in [0.29, 0.717) is 26.2 Å². The number of hydrogen-bond donors (Lipinski definition) is 0. The van der Waals surface area contributed by atoms with Crippen LogP contribution in [0.1, 0.15) is 15.9 Å². The van der Waals surface area contributed by atoms with Crippen molar-refractivity contribution in [1.29, 1.82) is 0 Å². The maximum Gasteiger partial charge on any atom is 0.277 e. The molecular weight excluding hydrogens is 376 g/mol. The molecule has 0 aliphatic carbocycles. The SMILES string of the molecule is O=C(c1cc([N+](=O)[O-])cc([N+](=O)[O-])c1)N1CCN(CC=Cc2ccccc2)CC1. The Bertz CT molecular complexity index is 905. The summed E-state index contributed by atoms with van der Waals surface area (Å²) in [4.78, 5) is 37.0. The zero-order valence-electron chi connectivity index (χ0n) is 15.6. The van der Waals surface area contributed by atoms with E-state index in [-0.39, 0.29) is 5.56 Å². The Balaban J connectivity index is 1.60. The molecule has 9 nitrogen and oxygen atoms in total. The van der Waals surface area contributed by atoms with Gasteiger partial charge in [0.25, 0.3) is 17.3 Å². The lowest BCUT2D eigenvalue weighted by Crippen LogP contribution is -2.48. The molecule has 9 heteroatoms. The highest BCUT2D eigenvalue weighted by atomic mass is 16.6. The Morgan fingerprint density at radius 1 is 0.931 bits per heavy atom. The van der Waals surface area contributed by atoms with Crippen molar-refractivity contribution in [3.8, 4) is 0 Å². The monoisotopic (exact) mass is 396 g/mol. The van der Waals surface area contributed by atoms with Crippen molar-refractivity contribution in [1.82, 2.24) is 9.80 Å². The smallest absolute Gasteiger partial charge is 0.277 e. The molecule has 0 spiro atoms. The first-order chi connectivity index (χ1) is 13.9. The molecule has 0 unspecified atom stereocenters. The third-order valence-electron chi connectivity index (χ3n) is 4.70. The lowest BCUT2D eigenvalue weighted by atomic mass is 10.1. The molecule has 0 N–H and O–H groups in total. The molecule has 1 amide bonds. The van der Waals surface area contributed by atoms with Crippen LogP contribution >= 0.6 is 0 Å². The Kier molecular flexibility index (Phi) is 6.30. The quantitative estimate of drug-likeness (QED) is 0.548. The molecule has 2 aromatic carbocycles. The van der Waals surface area contributed by atoms with Gasteiger partial charge in [-0.2, -0.15) is 0 Å². The predicted molar refractivity (Wildman–Crippen MR) is 108 cm³/mol. The number of non-ortho nitro benzene ring substituents is 2. The van der Waals surface area contributed by atoms with Gasteiger partial charge in [-0.15, -0.1) is 0 Å². The van der Waals surface area contributed by atoms with Gasteiger partial charge in [0.2, 0.25) is 0 Å². The number of nitro benzene ring substituents is 2. The van der Waals surface area contributed by atoms with Crippen molar-refractivity contribution in [2.24, 2.45) is 0 Å². The predicted octanol–water partition coefficient (Wildman–Crippen LogP) is 2.97. The highest BCUT2D eigenvalue weighted by molar-refractivity contribution is 5.95. The second kappa shape index (κ2) is 9.07. The van der Waals surface area contributed by atoms with Gasteiger partial charge in [0.05, 0.1) is 21.5 Å². The van der Waals surface area contributed by atoms with Crippen LogP contribution in [0.5, 0.6) is 0 Å². The molecule has 150 valence electrons. The lowest BCUT2D eigenvalue weighted by Gasteiger charge is -2.34. The van der Waals surface area contributed by atoms with Crippen molar-refractivity contribution in [3.63, 3.8) is 0 Å². The summed E-state index contributed by atoms with van der Waals surface area (Å²) < 4.78 is 0. The molecule has 1 heterocycles. The molecule has 0 aromatic heterocycles. The van der Waals surface area contributed by atoms with E-state index in [1.165, 1.54) is 0 Å². The molecule has 3 rings (SSSR count). The van der Waals surface area contributed by atoms with Gasteiger partial charge in [-0.05, 0) is 5.56 Å². The molecule has 0 bridgehead atoms. The minimum atomic E-state index is -0.735. The molecule has 0 radical (unpaired) electrons. The van der Waals surface area contributed by atoms with Crippen LogP contribution in [0.2, 0.25) is 0 Å². The van der Waals surface area contributed by atoms with Crippen molar-refractivity contribution in [2.75, 3.05) is 32.7 Å². The number of amides is 1. The summed E-state index contributed by atoms with van der Waals surface area (Å²) in [6, 6.07) is 13.0. The largest absolute Gasteiger partial charge is 0.336 e. The summed E-state index contributed by atoms with van der Waals surface area (Å²) in [7, 11) is 0. The zero-order valence-corrected chi connectivity index (χ0v) is 15.6. The fourth-order valence-electron chi connectivity index (χ4n) is 3.15. The maximum absolute atomic E-state index is 12.7. The van der Waals surface area contributed by atoms with Gasteiger partial charge in [-0.1, -0.05) is 42.5 Å². The van der Waals surface area contributed by atoms with E-state index in [1.807, 2.05) is 36.4 Å². The Morgan fingerprint density at radius 2 is 1.52 bits per heavy atom. The van der Waals surface area contributed by atoms with E-state index in [0.717, 1.165) is 30.3 Å². The van der Waals surface area contributed by atoms with Crippen LogP contribution in [0.25, 0.3) is 6.08 Å². The van der Waals surface area contributed by atoms with E-state index in [9.17, 15) is 25.0 Å². The van der Waals surface area contributed by atoms with Gasteiger partial charge >= 0.3 is 0 Å². The molecule has 1 fully saturated rings. The van der Waals surface area contributed by atoms with Gasteiger partial charge in [0.1, 0.15) is 0 Å². The highest BCUT2D eigenvalue weighted by Gasteiger charge is 2.25. The summed E-state index contributed by atoms with van der Waals surface area (Å²) in [5.74, 6) is -0.434. The van der Waals surface area contributed by atoms with Crippen molar-refractivity contribution in [3.05, 3.63) is 86.0 Å². The molecule has 1 saturated heterocycles. The van der Waals surface area contributed by atoms with Gasteiger partial charge in [-0.25, -0.2) is 0 Å². The summed E-state index contributed by atoms with van der Waals surface area (Å²) in [5.41, 5.74) is 0.149. The van der Waals surface area contributed by atoms with E-state index in [2.05, 4.69) is 11.0 Å². The van der Waals surface area contributed by atoms with Crippen LogP contribution in [0.4, 0.5) is 11.4 Å². The molecule has 29 heavy (non-hydrogen) atoms. The number of hydrogen-bond acceptors (Lipinski definition) is 6. The number of nitrogens with zero attached hydrogens (tertiary/aromatic N) is 4. The summed E-state index contributed by atoms with van der Waals surface area (Å²) in [5, 5.41) is 22.0. The number of nitro groups is 2. The Hall–Kier alpha value is -3.59. The minimum Gasteiger partial charge on any atom is -0.336 e. The third-order valence-corrected chi connectivity index (χ3v) is 4.70. The van der Waals surface area contributed by atoms with Crippen molar-refractivity contribution in [2.45, 2.75) is 0 Å². The number of carbonyl (C=O) groups excluding carboxylic acids is 1. The second-order valence-electron chi connectivity index (χ2n) is 6.66. The van der Waals surface area contributed by atoms with Gasteiger partial charge in [0, 0.05) is 44.9 Å². The highest BCUT2D eigenvalue weighted by Crippen LogP contribution is 2.24. The summed E-state index contributed by atoms with van der Waals surface area (Å²) in [6.45, 7) is 2.96. The first-order valence-corrected chi connectivity index (χ1v) is 9.11. The van der Waals surface area contributed by atoms with Crippen LogP contribution in [0, 0.1) is 20.2 Å². The van der Waals surface area contributed by atoms with Gasteiger partial charge in [0.15, 0.2) is 0 Å². The molecule has 1 aliphatic heterocycles. The normalized spacial score (nSPS) is 14.8. The summed E-state index contributed by atoms with van der Waals surface area (Å²) >= 11 is 0. The Labute approximate surface area is 167 Å². The van der Waals surface area contributed by atoms with Gasteiger partial charge < -0.3 is 4.90 Å². The van der Waals surface area contributed by atoms with Crippen LogP contribution < -0.4 is 0 Å². The van der Waals surface area contributed by atoms with Crippen LogP contribution in [-0.2, 0) is 0 Å². The average Bonchev–Trinajstić information content (AvgIpc) is 2.74. The minimum absolute atomic E-state index is 0.0386. The van der Waals surface area contributed by atoms with Crippen molar-refractivity contribution < 1.29 is 14.6 Å². The number of benzene rings is 2. The maximum atomic E-state index is 12.7. The molecule has 0 saturated carbocycles.